The Balaban J connectivity index is 1.82. The van der Waals surface area contributed by atoms with E-state index < -0.39 is 30.7 Å². The third-order valence-corrected chi connectivity index (χ3v) is 12.1. The van der Waals surface area contributed by atoms with E-state index in [1.165, 1.54) is 23.8 Å². The predicted octanol–water partition coefficient (Wildman–Crippen LogP) is 7.39. The molecule has 6 nitrogen and oxygen atoms in total. The summed E-state index contributed by atoms with van der Waals surface area (Å²) in [4.78, 5) is 24.6. The van der Waals surface area contributed by atoms with Crippen molar-refractivity contribution in [2.75, 3.05) is 6.61 Å². The number of ketones is 1. The first-order valence-electron chi connectivity index (χ1n) is 15.2. The number of hydrogen-bond donors (Lipinski definition) is 3. The lowest BCUT2D eigenvalue weighted by Gasteiger charge is -2.44. The molecular weight excluding hydrogens is 535 g/mol. The number of carbonyl (C=O) groups is 1. The molecule has 0 saturated heterocycles. The zero-order valence-corrected chi connectivity index (χ0v) is 26.2. The summed E-state index contributed by atoms with van der Waals surface area (Å²) in [7, 11) is -4.30. The standard InChI is InChI=1S/C34H51O6P/c1-7-18-34(19-8-2,41(38,39)40-21-9-3)32(37)17-12-24(4)29-15-16-30-26(11-10-20-33(29,30)6)13-14-27-22-28(35)23-31(36)25(27)5/h7-8,12-14,17,24,28-31,35-36H,1-2,5,9-11,15-16,18-23H2,3-4,6H3,(H,38,39)/b17-12+,26-13+,27-14-/t24-,28-,29-,30?,31+,33-/m1/s1. The van der Waals surface area contributed by atoms with Crippen LogP contribution in [0.1, 0.15) is 85.0 Å². The van der Waals surface area contributed by atoms with Gasteiger partial charge in [0.25, 0.3) is 0 Å². The van der Waals surface area contributed by atoms with Gasteiger partial charge >= 0.3 is 7.60 Å². The number of fused-ring (bicyclic) bond motifs is 1. The van der Waals surface area contributed by atoms with Crippen molar-refractivity contribution in [1.29, 1.82) is 0 Å². The number of carbonyl (C=O) groups excluding carboxylic acids is 1. The lowest BCUT2D eigenvalue weighted by Crippen LogP contribution is -2.38. The normalized spacial score (nSPS) is 33.1. The monoisotopic (exact) mass is 586 g/mol. The quantitative estimate of drug-likeness (QED) is 0.118. The van der Waals surface area contributed by atoms with Gasteiger partial charge < -0.3 is 19.6 Å². The average molecular weight is 587 g/mol. The highest BCUT2D eigenvalue weighted by molar-refractivity contribution is 7.56. The zero-order chi connectivity index (χ0) is 30.4. The Morgan fingerprint density at radius 3 is 2.54 bits per heavy atom. The highest BCUT2D eigenvalue weighted by atomic mass is 31.2. The molecule has 0 aliphatic heterocycles. The summed E-state index contributed by atoms with van der Waals surface area (Å²) in [5, 5.41) is 18.7. The van der Waals surface area contributed by atoms with Crippen molar-refractivity contribution in [3.8, 4) is 0 Å². The van der Waals surface area contributed by atoms with Gasteiger partial charge in [-0.05, 0) is 98.2 Å². The summed E-state index contributed by atoms with van der Waals surface area (Å²) in [6, 6.07) is 0. The van der Waals surface area contributed by atoms with E-state index in [1.807, 2.05) is 13.0 Å². The van der Waals surface area contributed by atoms with Crippen LogP contribution < -0.4 is 0 Å². The minimum absolute atomic E-state index is 0.0292. The maximum Gasteiger partial charge on any atom is 0.342 e. The van der Waals surface area contributed by atoms with Gasteiger partial charge in [-0.3, -0.25) is 9.36 Å². The first kappa shape index (κ1) is 33.7. The van der Waals surface area contributed by atoms with E-state index in [1.54, 1.807) is 0 Å². The molecule has 2 unspecified atom stereocenters. The second kappa shape index (κ2) is 14.1. The Morgan fingerprint density at radius 1 is 1.22 bits per heavy atom. The minimum atomic E-state index is -4.30. The topological polar surface area (TPSA) is 104 Å². The molecule has 3 aliphatic carbocycles. The maximum absolute atomic E-state index is 13.6. The van der Waals surface area contributed by atoms with Crippen LogP contribution in [-0.2, 0) is 13.9 Å². The van der Waals surface area contributed by atoms with Crippen molar-refractivity contribution in [2.24, 2.45) is 23.2 Å². The second-order valence-corrected chi connectivity index (χ2v) is 14.8. The maximum atomic E-state index is 13.6. The highest BCUT2D eigenvalue weighted by Crippen LogP contribution is 2.61. The lowest BCUT2D eigenvalue weighted by molar-refractivity contribution is -0.117. The van der Waals surface area contributed by atoms with E-state index in [2.05, 4.69) is 45.7 Å². The summed E-state index contributed by atoms with van der Waals surface area (Å²) in [5.41, 5.74) is 3.11. The van der Waals surface area contributed by atoms with Gasteiger partial charge in [0.15, 0.2) is 5.78 Å². The van der Waals surface area contributed by atoms with Gasteiger partial charge in [0.05, 0.1) is 18.8 Å². The van der Waals surface area contributed by atoms with Gasteiger partial charge in [-0.15, -0.1) is 13.2 Å². The fourth-order valence-corrected chi connectivity index (χ4v) is 9.36. The first-order chi connectivity index (χ1) is 19.4. The van der Waals surface area contributed by atoms with Gasteiger partial charge in [-0.25, -0.2) is 0 Å². The van der Waals surface area contributed by atoms with Gasteiger partial charge in [-0.1, -0.05) is 63.3 Å². The smallest absolute Gasteiger partial charge is 0.342 e. The Hall–Kier alpha value is -1.82. The minimum Gasteiger partial charge on any atom is -0.393 e. The Kier molecular flexibility index (Phi) is 11.6. The van der Waals surface area contributed by atoms with Crippen molar-refractivity contribution in [3.63, 3.8) is 0 Å². The molecule has 0 bridgehead atoms. The van der Waals surface area contributed by atoms with Crippen molar-refractivity contribution in [2.45, 2.75) is 102 Å². The highest BCUT2D eigenvalue weighted by Gasteiger charge is 2.53. The molecule has 0 aromatic rings. The van der Waals surface area contributed by atoms with Crippen LogP contribution in [0.15, 0.2) is 72.9 Å². The number of aliphatic hydroxyl groups is 2. The largest absolute Gasteiger partial charge is 0.393 e. The van der Waals surface area contributed by atoms with Crippen molar-refractivity contribution in [3.05, 3.63) is 72.9 Å². The van der Waals surface area contributed by atoms with Crippen LogP contribution in [0.2, 0.25) is 0 Å². The van der Waals surface area contributed by atoms with Gasteiger partial charge in [-0.2, -0.15) is 0 Å². The van der Waals surface area contributed by atoms with E-state index in [0.717, 1.165) is 37.7 Å². The molecule has 41 heavy (non-hydrogen) atoms. The van der Waals surface area contributed by atoms with Crippen LogP contribution in [0, 0.1) is 23.2 Å². The molecular formula is C34H51O6P. The summed E-state index contributed by atoms with van der Waals surface area (Å²) in [6.45, 7) is 18.0. The van der Waals surface area contributed by atoms with Crippen LogP contribution in [0.25, 0.3) is 0 Å². The van der Waals surface area contributed by atoms with Gasteiger partial charge in [0.1, 0.15) is 5.16 Å². The van der Waals surface area contributed by atoms with E-state index in [-0.39, 0.29) is 30.8 Å². The molecule has 7 heteroatoms. The summed E-state index contributed by atoms with van der Waals surface area (Å²) < 4.78 is 18.7. The van der Waals surface area contributed by atoms with Crippen LogP contribution in [0.5, 0.6) is 0 Å². The molecule has 228 valence electrons. The molecule has 3 rings (SSSR count). The Labute approximate surface area is 247 Å². The van der Waals surface area contributed by atoms with E-state index >= 15 is 0 Å². The van der Waals surface area contributed by atoms with E-state index in [9.17, 15) is 24.5 Å². The van der Waals surface area contributed by atoms with Crippen LogP contribution >= 0.6 is 7.60 Å². The molecule has 0 spiro atoms. The van der Waals surface area contributed by atoms with Crippen LogP contribution in [-0.4, -0.2) is 44.9 Å². The molecule has 0 amide bonds. The molecule has 3 aliphatic rings. The number of hydrogen-bond acceptors (Lipinski definition) is 5. The fraction of sp³-hybridized carbons (Fsp3) is 0.618. The number of rotatable bonds is 13. The van der Waals surface area contributed by atoms with Crippen molar-refractivity contribution >= 4 is 13.4 Å². The SMILES string of the molecule is C=CCC(CC=C)(C(=O)/C=C/[C@@H](C)[C@H]1CCC2/C(=C/C=C3/C[C@@H](O)C[C@H](O)C3=C)CCC[C@@]21C)P(=O)(O)OCCC. The molecule has 3 N–H and O–H groups in total. The van der Waals surface area contributed by atoms with Gasteiger partial charge in [0, 0.05) is 6.42 Å². The molecule has 7 atom stereocenters. The zero-order valence-electron chi connectivity index (χ0n) is 25.3. The first-order valence-corrected chi connectivity index (χ1v) is 16.8. The Morgan fingerprint density at radius 2 is 1.90 bits per heavy atom. The third kappa shape index (κ3) is 7.05. The van der Waals surface area contributed by atoms with E-state index in [0.29, 0.717) is 36.7 Å². The third-order valence-electron chi connectivity index (χ3n) is 9.92. The Bertz CT molecular complexity index is 1120. The molecule has 0 heterocycles. The number of aliphatic hydroxyl groups excluding tert-OH is 2. The lowest BCUT2D eigenvalue weighted by atomic mass is 9.61. The van der Waals surface area contributed by atoms with Crippen molar-refractivity contribution < 1.29 is 29.0 Å². The molecule has 0 aromatic heterocycles. The van der Waals surface area contributed by atoms with Crippen LogP contribution in [0.3, 0.4) is 0 Å². The second-order valence-electron chi connectivity index (χ2n) is 12.6. The fourth-order valence-electron chi connectivity index (χ4n) is 7.61. The summed E-state index contributed by atoms with van der Waals surface area (Å²) >= 11 is 0. The molecule has 3 fully saturated rings. The predicted molar refractivity (Wildman–Crippen MR) is 166 cm³/mol. The molecule has 0 aromatic carbocycles. The van der Waals surface area contributed by atoms with Crippen molar-refractivity contribution in [1.82, 2.24) is 0 Å². The number of allylic oxidation sites excluding steroid dienone is 7. The van der Waals surface area contributed by atoms with Crippen LogP contribution in [0.4, 0.5) is 0 Å². The molecule has 0 radical (unpaired) electrons. The summed E-state index contributed by atoms with van der Waals surface area (Å²) in [5.74, 6) is 0.484. The average Bonchev–Trinajstić information content (AvgIpc) is 3.28. The molecule has 3 saturated carbocycles. The van der Waals surface area contributed by atoms with Gasteiger partial charge in [0.2, 0.25) is 0 Å². The summed E-state index contributed by atoms with van der Waals surface area (Å²) in [6.07, 6.45) is 16.3. The van der Waals surface area contributed by atoms with E-state index in [4.69, 9.17) is 4.52 Å².